The highest BCUT2D eigenvalue weighted by Gasteiger charge is 2.36. The number of rotatable bonds is 4. The summed E-state index contributed by atoms with van der Waals surface area (Å²) in [6.45, 7) is 14.9. The number of hydrogen-bond donors (Lipinski definition) is 0. The predicted molar refractivity (Wildman–Crippen MR) is 77.3 cm³/mol. The molecule has 0 unspecified atom stereocenters. The van der Waals surface area contributed by atoms with Gasteiger partial charge in [-0.3, -0.25) is 0 Å². The summed E-state index contributed by atoms with van der Waals surface area (Å²) < 4.78 is 0. The van der Waals surface area contributed by atoms with E-state index in [0.29, 0.717) is 0 Å². The van der Waals surface area contributed by atoms with E-state index in [2.05, 4.69) is 40.5 Å². The van der Waals surface area contributed by atoms with Crippen LogP contribution in [0.1, 0.15) is 33.1 Å². The monoisotopic (exact) mass is 246 g/mol. The maximum atomic E-state index is 2.51. The van der Waals surface area contributed by atoms with Gasteiger partial charge in [-0.25, -0.2) is 0 Å². The summed E-state index contributed by atoms with van der Waals surface area (Å²) >= 11 is 0. The molecule has 0 N–H and O–H groups in total. The third kappa shape index (κ3) is 3.41. The van der Waals surface area contributed by atoms with Crippen molar-refractivity contribution in [3.05, 3.63) is 0 Å². The molecular weight excluding hydrogens is 218 g/mol. The first-order valence-corrected chi connectivity index (χ1v) is 10.9. The van der Waals surface area contributed by atoms with E-state index in [1.54, 1.807) is 0 Å². The van der Waals surface area contributed by atoms with E-state index in [1.165, 1.54) is 19.3 Å². The van der Waals surface area contributed by atoms with Crippen LogP contribution >= 0.6 is 15.8 Å². The number of hydrogen-bond acceptors (Lipinski definition) is 0. The predicted octanol–water partition coefficient (Wildman–Crippen LogP) is 4.66. The van der Waals surface area contributed by atoms with E-state index in [4.69, 9.17) is 0 Å². The Balaban J connectivity index is 2.64. The second-order valence-corrected chi connectivity index (χ2v) is 11.2. The molecule has 0 aliphatic heterocycles. The summed E-state index contributed by atoms with van der Waals surface area (Å²) in [5.41, 5.74) is 1.98. The first kappa shape index (κ1) is 13.9. The van der Waals surface area contributed by atoms with Gasteiger partial charge in [0.15, 0.2) is 0 Å². The van der Waals surface area contributed by atoms with Crippen molar-refractivity contribution in [2.45, 2.75) is 44.4 Å². The Hall–Kier alpha value is 0.860. The van der Waals surface area contributed by atoms with Crippen LogP contribution in [0.25, 0.3) is 0 Å². The van der Waals surface area contributed by atoms with Gasteiger partial charge in [-0.05, 0) is 62.7 Å². The van der Waals surface area contributed by atoms with E-state index in [0.717, 1.165) is 23.2 Å². The first-order chi connectivity index (χ1) is 6.95. The van der Waals surface area contributed by atoms with Crippen molar-refractivity contribution < 1.29 is 0 Å². The van der Waals surface area contributed by atoms with Gasteiger partial charge in [-0.1, -0.05) is 20.3 Å². The average Bonchev–Trinajstić information content (AvgIpc) is 2.63. The zero-order chi connectivity index (χ0) is 11.6. The SMILES string of the molecule is C[C@H]([C@H]1CCC[C@@H]1[C@@H](C)P(C)C)P(C)C. The Labute approximate surface area is 99.1 Å². The fourth-order valence-electron chi connectivity index (χ4n) is 2.98. The van der Waals surface area contributed by atoms with Crippen LogP contribution in [0.3, 0.4) is 0 Å². The second kappa shape index (κ2) is 5.97. The molecule has 1 saturated carbocycles. The molecule has 0 nitrogen and oxygen atoms in total. The lowest BCUT2D eigenvalue weighted by atomic mass is 9.91. The van der Waals surface area contributed by atoms with Crippen LogP contribution in [0.4, 0.5) is 0 Å². The largest absolute Gasteiger partial charge is 0.110 e. The van der Waals surface area contributed by atoms with Crippen molar-refractivity contribution in [2.24, 2.45) is 11.8 Å². The average molecular weight is 246 g/mol. The normalized spacial score (nSPS) is 31.2. The van der Waals surface area contributed by atoms with Gasteiger partial charge in [-0.15, -0.1) is 15.8 Å². The van der Waals surface area contributed by atoms with Crippen molar-refractivity contribution in [1.82, 2.24) is 0 Å². The molecule has 1 aliphatic rings. The van der Waals surface area contributed by atoms with E-state index in [9.17, 15) is 0 Å². The van der Waals surface area contributed by atoms with Gasteiger partial charge in [0.05, 0.1) is 0 Å². The summed E-state index contributed by atoms with van der Waals surface area (Å²) in [7, 11) is 0.528. The molecule has 0 amide bonds. The van der Waals surface area contributed by atoms with Crippen LogP contribution in [0.15, 0.2) is 0 Å². The van der Waals surface area contributed by atoms with Crippen molar-refractivity contribution >= 4 is 15.8 Å². The Morgan fingerprint density at radius 2 is 1.13 bits per heavy atom. The quantitative estimate of drug-likeness (QED) is 0.633. The maximum absolute atomic E-state index is 2.51. The minimum atomic E-state index is 0.264. The molecule has 0 bridgehead atoms. The summed E-state index contributed by atoms with van der Waals surface area (Å²) in [6.07, 6.45) is 4.52. The van der Waals surface area contributed by atoms with Crippen molar-refractivity contribution in [2.75, 3.05) is 26.7 Å². The molecule has 0 saturated heterocycles. The van der Waals surface area contributed by atoms with Gasteiger partial charge in [0.1, 0.15) is 0 Å². The van der Waals surface area contributed by atoms with Gasteiger partial charge in [0.2, 0.25) is 0 Å². The molecule has 15 heavy (non-hydrogen) atoms. The molecule has 0 aromatic rings. The molecule has 0 aromatic heterocycles. The molecule has 0 spiro atoms. The lowest BCUT2D eigenvalue weighted by molar-refractivity contribution is 0.378. The molecule has 2 heteroatoms. The first-order valence-electron chi connectivity index (χ1n) is 6.28. The molecule has 0 heterocycles. The second-order valence-electron chi connectivity index (χ2n) is 5.67. The van der Waals surface area contributed by atoms with E-state index >= 15 is 0 Å². The highest BCUT2D eigenvalue weighted by molar-refractivity contribution is 7.57. The summed E-state index contributed by atoms with van der Waals surface area (Å²) in [4.78, 5) is 0. The molecule has 90 valence electrons. The Kier molecular flexibility index (Phi) is 5.54. The molecule has 0 aromatic carbocycles. The lowest BCUT2D eigenvalue weighted by Gasteiger charge is -2.34. The van der Waals surface area contributed by atoms with Crippen LogP contribution in [0.2, 0.25) is 0 Å². The molecule has 1 rings (SSSR count). The van der Waals surface area contributed by atoms with Gasteiger partial charge < -0.3 is 0 Å². The molecular formula is C13H28P2. The minimum Gasteiger partial charge on any atom is -0.110 e. The van der Waals surface area contributed by atoms with Gasteiger partial charge in [-0.2, -0.15) is 0 Å². The van der Waals surface area contributed by atoms with E-state index < -0.39 is 0 Å². The van der Waals surface area contributed by atoms with E-state index in [-0.39, 0.29) is 15.8 Å². The van der Waals surface area contributed by atoms with Crippen LogP contribution in [0, 0.1) is 11.8 Å². The van der Waals surface area contributed by atoms with Crippen LogP contribution in [0.5, 0.6) is 0 Å². The van der Waals surface area contributed by atoms with Crippen molar-refractivity contribution in [3.8, 4) is 0 Å². The third-order valence-electron chi connectivity index (χ3n) is 4.49. The van der Waals surface area contributed by atoms with Gasteiger partial charge in [0, 0.05) is 0 Å². The lowest BCUT2D eigenvalue weighted by Crippen LogP contribution is -2.26. The Morgan fingerprint density at radius 1 is 0.800 bits per heavy atom. The Morgan fingerprint density at radius 3 is 1.40 bits per heavy atom. The van der Waals surface area contributed by atoms with Crippen LogP contribution in [-0.2, 0) is 0 Å². The fraction of sp³-hybridized carbons (Fsp3) is 1.00. The molecule has 1 aliphatic carbocycles. The summed E-state index contributed by atoms with van der Waals surface area (Å²) in [6, 6.07) is 0. The zero-order valence-corrected chi connectivity index (χ0v) is 13.1. The third-order valence-corrected chi connectivity index (χ3v) is 8.52. The molecule has 0 radical (unpaired) electrons. The van der Waals surface area contributed by atoms with Crippen molar-refractivity contribution in [3.63, 3.8) is 0 Å². The Bertz CT molecular complexity index is 169. The van der Waals surface area contributed by atoms with E-state index in [1.807, 2.05) is 0 Å². The van der Waals surface area contributed by atoms with Crippen molar-refractivity contribution in [1.29, 1.82) is 0 Å². The summed E-state index contributed by atoms with van der Waals surface area (Å²) in [5.74, 6) is 2.09. The van der Waals surface area contributed by atoms with Gasteiger partial charge >= 0.3 is 0 Å². The smallest absolute Gasteiger partial charge is 0.0211 e. The highest BCUT2D eigenvalue weighted by Crippen LogP contribution is 2.51. The topological polar surface area (TPSA) is 0 Å². The fourth-order valence-corrected chi connectivity index (χ4v) is 5.25. The zero-order valence-electron chi connectivity index (χ0n) is 11.3. The van der Waals surface area contributed by atoms with Crippen LogP contribution < -0.4 is 0 Å². The highest BCUT2D eigenvalue weighted by atomic mass is 31.1. The van der Waals surface area contributed by atoms with Gasteiger partial charge in [0.25, 0.3) is 0 Å². The molecule has 4 atom stereocenters. The maximum Gasteiger partial charge on any atom is -0.0211 e. The minimum absolute atomic E-state index is 0.264. The standard InChI is InChI=1S/C13H28P2/c1-10(14(3)4)12-8-7-9-13(12)11(2)15(5)6/h10-13H,7-9H2,1-6H3/t10-,11-,12-,13-/m1/s1. The van der Waals surface area contributed by atoms with Crippen LogP contribution in [-0.4, -0.2) is 38.0 Å². The molecule has 1 fully saturated rings. The summed E-state index contributed by atoms with van der Waals surface area (Å²) in [5, 5.41) is 0.